The lowest BCUT2D eigenvalue weighted by molar-refractivity contribution is 0.0420. The van der Waals surface area contributed by atoms with E-state index in [1.165, 1.54) is 25.7 Å². The second kappa shape index (κ2) is 10.9. The summed E-state index contributed by atoms with van der Waals surface area (Å²) < 4.78 is 10.7. The van der Waals surface area contributed by atoms with Crippen molar-refractivity contribution in [3.05, 3.63) is 0 Å². The molecule has 5 heteroatoms. The van der Waals surface area contributed by atoms with Crippen LogP contribution in [-0.4, -0.2) is 44.0 Å². The standard InChI is InChI=1S/C18H36N2O3/c1-15(16-10-9-13-22-14-16)19-11-7-5-6-8-12-20-17(21)23-18(2,3)4/h15-16,19H,5-14H2,1-4H3,(H,20,21)/t15-,16+/m1/s1. The predicted molar refractivity (Wildman–Crippen MR) is 93.7 cm³/mol. The van der Waals surface area contributed by atoms with Crippen LogP contribution in [0.4, 0.5) is 4.79 Å². The minimum Gasteiger partial charge on any atom is -0.444 e. The first kappa shape index (κ1) is 20.2. The molecule has 0 aliphatic carbocycles. The van der Waals surface area contributed by atoms with Crippen LogP contribution < -0.4 is 10.6 Å². The van der Waals surface area contributed by atoms with Gasteiger partial charge in [0.15, 0.2) is 0 Å². The van der Waals surface area contributed by atoms with Gasteiger partial charge in [0.05, 0.1) is 6.61 Å². The van der Waals surface area contributed by atoms with Gasteiger partial charge in [-0.05, 0) is 65.8 Å². The summed E-state index contributed by atoms with van der Waals surface area (Å²) in [7, 11) is 0. The van der Waals surface area contributed by atoms with Crippen LogP contribution in [0.5, 0.6) is 0 Å². The Morgan fingerprint density at radius 1 is 1.22 bits per heavy atom. The first-order chi connectivity index (χ1) is 10.9. The molecule has 0 saturated carbocycles. The minimum absolute atomic E-state index is 0.317. The van der Waals surface area contributed by atoms with E-state index in [2.05, 4.69) is 17.6 Å². The quantitative estimate of drug-likeness (QED) is 0.636. The van der Waals surface area contributed by atoms with Crippen LogP contribution in [0.25, 0.3) is 0 Å². The summed E-state index contributed by atoms with van der Waals surface area (Å²) in [5, 5.41) is 6.42. The third-order valence-electron chi connectivity index (χ3n) is 4.14. The Morgan fingerprint density at radius 3 is 2.52 bits per heavy atom. The van der Waals surface area contributed by atoms with Crippen LogP contribution >= 0.6 is 0 Å². The Morgan fingerprint density at radius 2 is 1.91 bits per heavy atom. The molecule has 1 aliphatic rings. The number of hydrogen-bond acceptors (Lipinski definition) is 4. The fraction of sp³-hybridized carbons (Fsp3) is 0.944. The molecule has 23 heavy (non-hydrogen) atoms. The molecule has 0 spiro atoms. The Hall–Kier alpha value is -0.810. The van der Waals surface area contributed by atoms with Crippen molar-refractivity contribution in [2.75, 3.05) is 26.3 Å². The zero-order valence-electron chi connectivity index (χ0n) is 15.5. The lowest BCUT2D eigenvalue weighted by atomic mass is 9.95. The third-order valence-corrected chi connectivity index (χ3v) is 4.14. The normalized spacial score (nSPS) is 20.1. The lowest BCUT2D eigenvalue weighted by Crippen LogP contribution is -2.38. The monoisotopic (exact) mass is 328 g/mol. The molecule has 0 aromatic heterocycles. The van der Waals surface area contributed by atoms with Gasteiger partial charge < -0.3 is 20.1 Å². The van der Waals surface area contributed by atoms with Crippen LogP contribution in [-0.2, 0) is 9.47 Å². The van der Waals surface area contributed by atoms with Gasteiger partial charge >= 0.3 is 6.09 Å². The average molecular weight is 328 g/mol. The Labute approximate surface area is 141 Å². The molecular formula is C18H36N2O3. The highest BCUT2D eigenvalue weighted by Gasteiger charge is 2.19. The van der Waals surface area contributed by atoms with Crippen molar-refractivity contribution in [3.63, 3.8) is 0 Å². The van der Waals surface area contributed by atoms with E-state index < -0.39 is 5.60 Å². The molecule has 1 heterocycles. The molecule has 0 aromatic carbocycles. The van der Waals surface area contributed by atoms with Gasteiger partial charge in [-0.15, -0.1) is 0 Å². The van der Waals surface area contributed by atoms with E-state index in [1.54, 1.807) is 0 Å². The number of carbonyl (C=O) groups is 1. The van der Waals surface area contributed by atoms with E-state index in [4.69, 9.17) is 9.47 Å². The van der Waals surface area contributed by atoms with E-state index in [0.717, 1.165) is 32.6 Å². The summed E-state index contributed by atoms with van der Waals surface area (Å²) in [6, 6.07) is 0.545. The Balaban J connectivity index is 1.90. The summed E-state index contributed by atoms with van der Waals surface area (Å²) in [4.78, 5) is 11.5. The molecule has 136 valence electrons. The van der Waals surface area contributed by atoms with E-state index in [0.29, 0.717) is 18.5 Å². The Kier molecular flexibility index (Phi) is 9.56. The number of unbranched alkanes of at least 4 members (excludes halogenated alkanes) is 3. The van der Waals surface area contributed by atoms with Crippen molar-refractivity contribution in [2.24, 2.45) is 5.92 Å². The van der Waals surface area contributed by atoms with Crippen LogP contribution in [0, 0.1) is 5.92 Å². The van der Waals surface area contributed by atoms with Gasteiger partial charge in [0, 0.05) is 19.2 Å². The van der Waals surface area contributed by atoms with Gasteiger partial charge in [0.25, 0.3) is 0 Å². The van der Waals surface area contributed by atoms with Gasteiger partial charge in [-0.2, -0.15) is 0 Å². The molecule has 1 saturated heterocycles. The maximum absolute atomic E-state index is 11.5. The van der Waals surface area contributed by atoms with Crippen molar-refractivity contribution >= 4 is 6.09 Å². The first-order valence-electron chi connectivity index (χ1n) is 9.16. The molecule has 1 aliphatic heterocycles. The SMILES string of the molecule is C[C@@H](NCCCCCCNC(=O)OC(C)(C)C)[C@H]1CCCOC1. The fourth-order valence-corrected chi connectivity index (χ4v) is 2.76. The van der Waals surface area contributed by atoms with Crippen molar-refractivity contribution in [3.8, 4) is 0 Å². The topological polar surface area (TPSA) is 59.6 Å². The highest BCUT2D eigenvalue weighted by Crippen LogP contribution is 2.17. The van der Waals surface area contributed by atoms with E-state index in [9.17, 15) is 4.79 Å². The number of nitrogens with one attached hydrogen (secondary N) is 2. The summed E-state index contributed by atoms with van der Waals surface area (Å²) in [5.41, 5.74) is -0.421. The second-order valence-electron chi connectivity index (χ2n) is 7.56. The molecule has 0 radical (unpaired) electrons. The number of hydrogen-bond donors (Lipinski definition) is 2. The second-order valence-corrected chi connectivity index (χ2v) is 7.56. The van der Waals surface area contributed by atoms with Gasteiger partial charge in [0.2, 0.25) is 0 Å². The highest BCUT2D eigenvalue weighted by molar-refractivity contribution is 5.67. The van der Waals surface area contributed by atoms with Crippen molar-refractivity contribution < 1.29 is 14.3 Å². The van der Waals surface area contributed by atoms with Gasteiger partial charge in [0.1, 0.15) is 5.60 Å². The molecule has 1 rings (SSSR count). The van der Waals surface area contributed by atoms with Gasteiger partial charge in [-0.1, -0.05) is 12.8 Å². The molecule has 5 nitrogen and oxygen atoms in total. The molecule has 0 bridgehead atoms. The summed E-state index contributed by atoms with van der Waals surface area (Å²) in [5.74, 6) is 0.668. The van der Waals surface area contributed by atoms with Crippen molar-refractivity contribution in [2.45, 2.75) is 77.9 Å². The largest absolute Gasteiger partial charge is 0.444 e. The molecular weight excluding hydrogens is 292 g/mol. The molecule has 0 aromatic rings. The van der Waals surface area contributed by atoms with E-state index in [-0.39, 0.29) is 6.09 Å². The van der Waals surface area contributed by atoms with Crippen molar-refractivity contribution in [1.29, 1.82) is 0 Å². The zero-order chi connectivity index (χ0) is 17.1. The van der Waals surface area contributed by atoms with E-state index >= 15 is 0 Å². The zero-order valence-corrected chi connectivity index (χ0v) is 15.5. The maximum atomic E-state index is 11.5. The molecule has 1 fully saturated rings. The number of alkyl carbamates (subject to hydrolysis) is 1. The number of ether oxygens (including phenoxy) is 2. The Bertz CT molecular complexity index is 323. The minimum atomic E-state index is -0.421. The number of amides is 1. The first-order valence-corrected chi connectivity index (χ1v) is 9.16. The van der Waals surface area contributed by atoms with Crippen molar-refractivity contribution in [1.82, 2.24) is 10.6 Å². The molecule has 2 N–H and O–H groups in total. The number of carbonyl (C=O) groups excluding carboxylic acids is 1. The summed E-state index contributed by atoms with van der Waals surface area (Å²) in [6.45, 7) is 11.5. The summed E-state index contributed by atoms with van der Waals surface area (Å²) in [6.07, 6.45) is 6.68. The van der Waals surface area contributed by atoms with Gasteiger partial charge in [-0.3, -0.25) is 0 Å². The van der Waals surface area contributed by atoms with Crippen LogP contribution in [0.1, 0.15) is 66.2 Å². The average Bonchev–Trinajstić information content (AvgIpc) is 2.48. The molecule has 2 atom stereocenters. The third kappa shape index (κ3) is 10.6. The molecule has 1 amide bonds. The number of rotatable bonds is 9. The maximum Gasteiger partial charge on any atom is 0.407 e. The van der Waals surface area contributed by atoms with Crippen LogP contribution in [0.2, 0.25) is 0 Å². The highest BCUT2D eigenvalue weighted by atomic mass is 16.6. The predicted octanol–water partition coefficient (Wildman–Crippen LogP) is 3.48. The van der Waals surface area contributed by atoms with Crippen LogP contribution in [0.15, 0.2) is 0 Å². The van der Waals surface area contributed by atoms with Gasteiger partial charge in [-0.25, -0.2) is 4.79 Å². The molecule has 0 unspecified atom stereocenters. The fourth-order valence-electron chi connectivity index (χ4n) is 2.76. The van der Waals surface area contributed by atoms with Crippen LogP contribution in [0.3, 0.4) is 0 Å². The summed E-state index contributed by atoms with van der Waals surface area (Å²) >= 11 is 0. The smallest absolute Gasteiger partial charge is 0.407 e. The lowest BCUT2D eigenvalue weighted by Gasteiger charge is -2.28. The van der Waals surface area contributed by atoms with E-state index in [1.807, 2.05) is 20.8 Å².